The third-order valence-corrected chi connectivity index (χ3v) is 3.18. The van der Waals surface area contributed by atoms with Crippen molar-refractivity contribution in [2.75, 3.05) is 0 Å². The number of hydrogen-bond acceptors (Lipinski definition) is 0. The standard InChI is InChI=1S/C8H12Si.ClH/c1-9(2)8-6-4-3-5-7-8;/h3-7,9H,1-2H3;1H. The molecule has 0 amide bonds. The van der Waals surface area contributed by atoms with Crippen LogP contribution >= 0.6 is 12.4 Å². The Labute approximate surface area is 70.3 Å². The normalized spacial score (nSPS) is 9.10. The lowest BCUT2D eigenvalue weighted by molar-refractivity contribution is 1.74. The van der Waals surface area contributed by atoms with Gasteiger partial charge in [-0.2, -0.15) is 0 Å². The van der Waals surface area contributed by atoms with E-state index >= 15 is 0 Å². The summed E-state index contributed by atoms with van der Waals surface area (Å²) in [6.45, 7) is 4.69. The van der Waals surface area contributed by atoms with Crippen molar-refractivity contribution < 1.29 is 0 Å². The largest absolute Gasteiger partial charge is 0.147 e. The molecular weight excluding hydrogens is 160 g/mol. The SMILES string of the molecule is C[SiH](C)c1ccccc1.Cl. The molecule has 1 rings (SSSR count). The number of halogens is 1. The van der Waals surface area contributed by atoms with Gasteiger partial charge in [0.2, 0.25) is 0 Å². The van der Waals surface area contributed by atoms with Gasteiger partial charge in [0.15, 0.2) is 0 Å². The van der Waals surface area contributed by atoms with Crippen LogP contribution in [-0.4, -0.2) is 8.80 Å². The van der Waals surface area contributed by atoms with Gasteiger partial charge in [0.25, 0.3) is 0 Å². The number of rotatable bonds is 1. The van der Waals surface area contributed by atoms with Gasteiger partial charge in [0.05, 0.1) is 8.80 Å². The number of hydrogen-bond donors (Lipinski definition) is 0. The zero-order valence-electron chi connectivity index (χ0n) is 6.37. The average Bonchev–Trinajstić information content (AvgIpc) is 1.90. The van der Waals surface area contributed by atoms with E-state index in [0.717, 1.165) is 0 Å². The van der Waals surface area contributed by atoms with Gasteiger partial charge in [-0.15, -0.1) is 12.4 Å². The van der Waals surface area contributed by atoms with Gasteiger partial charge in [-0.05, 0) is 0 Å². The smallest absolute Gasteiger partial charge is 0.0647 e. The van der Waals surface area contributed by atoms with E-state index in [1.54, 1.807) is 5.19 Å². The average molecular weight is 173 g/mol. The highest BCUT2D eigenvalue weighted by atomic mass is 35.5. The lowest BCUT2D eigenvalue weighted by Gasteiger charge is -1.99. The first kappa shape index (κ1) is 9.73. The summed E-state index contributed by atoms with van der Waals surface area (Å²) in [6, 6.07) is 10.7. The molecule has 1 aromatic rings. The Morgan fingerprint density at radius 3 is 1.80 bits per heavy atom. The van der Waals surface area contributed by atoms with Crippen molar-refractivity contribution in [3.05, 3.63) is 30.3 Å². The van der Waals surface area contributed by atoms with Crippen molar-refractivity contribution in [3.63, 3.8) is 0 Å². The van der Waals surface area contributed by atoms with Gasteiger partial charge in [0.1, 0.15) is 0 Å². The van der Waals surface area contributed by atoms with Crippen LogP contribution in [0, 0.1) is 0 Å². The zero-order valence-corrected chi connectivity index (χ0v) is 8.34. The molecule has 0 aromatic heterocycles. The van der Waals surface area contributed by atoms with Gasteiger partial charge >= 0.3 is 0 Å². The molecule has 0 saturated carbocycles. The summed E-state index contributed by atoms with van der Waals surface area (Å²) in [5, 5.41) is 1.55. The molecule has 2 heteroatoms. The Bertz CT molecular complexity index is 172. The Balaban J connectivity index is 0.000000810. The Morgan fingerprint density at radius 1 is 1.00 bits per heavy atom. The van der Waals surface area contributed by atoms with Crippen molar-refractivity contribution in [1.29, 1.82) is 0 Å². The molecule has 1 aromatic carbocycles. The lowest BCUT2D eigenvalue weighted by atomic mass is 10.4. The second kappa shape index (κ2) is 4.53. The molecule has 0 atom stereocenters. The van der Waals surface area contributed by atoms with E-state index in [1.807, 2.05) is 0 Å². The number of benzene rings is 1. The van der Waals surface area contributed by atoms with Crippen LogP contribution in [0.3, 0.4) is 0 Å². The van der Waals surface area contributed by atoms with Gasteiger partial charge in [-0.3, -0.25) is 0 Å². The van der Waals surface area contributed by atoms with Gasteiger partial charge in [-0.1, -0.05) is 48.6 Å². The molecular formula is C8H13ClSi. The van der Waals surface area contributed by atoms with Crippen LogP contribution in [0.25, 0.3) is 0 Å². The van der Waals surface area contributed by atoms with Crippen LogP contribution in [0.1, 0.15) is 0 Å². The zero-order chi connectivity index (χ0) is 6.69. The van der Waals surface area contributed by atoms with Gasteiger partial charge < -0.3 is 0 Å². The maximum Gasteiger partial charge on any atom is 0.0647 e. The second-order valence-electron chi connectivity index (χ2n) is 2.57. The van der Waals surface area contributed by atoms with Crippen LogP contribution in [0.4, 0.5) is 0 Å². The van der Waals surface area contributed by atoms with E-state index < -0.39 is 8.80 Å². The monoisotopic (exact) mass is 172 g/mol. The molecule has 0 radical (unpaired) electrons. The summed E-state index contributed by atoms with van der Waals surface area (Å²) < 4.78 is 0. The minimum absolute atomic E-state index is 0. The molecule has 0 fully saturated rings. The molecule has 0 aliphatic rings. The van der Waals surface area contributed by atoms with E-state index in [1.165, 1.54) is 0 Å². The fourth-order valence-corrected chi connectivity index (χ4v) is 1.83. The molecule has 0 nitrogen and oxygen atoms in total. The quantitative estimate of drug-likeness (QED) is 0.567. The first-order valence-corrected chi connectivity index (χ1v) is 6.24. The van der Waals surface area contributed by atoms with Gasteiger partial charge in [-0.25, -0.2) is 0 Å². The lowest BCUT2D eigenvalue weighted by Crippen LogP contribution is -2.21. The predicted octanol–water partition coefficient (Wildman–Crippen LogP) is 1.80. The molecule has 0 N–H and O–H groups in total. The topological polar surface area (TPSA) is 0 Å². The molecule has 0 aliphatic heterocycles. The highest BCUT2D eigenvalue weighted by molar-refractivity contribution is 6.70. The molecule has 0 heterocycles. The van der Waals surface area contributed by atoms with E-state index in [4.69, 9.17) is 0 Å². The van der Waals surface area contributed by atoms with Crippen LogP contribution in [0.15, 0.2) is 30.3 Å². The first-order valence-electron chi connectivity index (χ1n) is 3.35. The summed E-state index contributed by atoms with van der Waals surface area (Å²) in [4.78, 5) is 0. The predicted molar refractivity (Wildman–Crippen MR) is 52.2 cm³/mol. The van der Waals surface area contributed by atoms with Crippen molar-refractivity contribution in [1.82, 2.24) is 0 Å². The Kier molecular flexibility index (Phi) is 4.40. The molecule has 56 valence electrons. The Hall–Kier alpha value is -0.273. The minimum atomic E-state index is -0.529. The van der Waals surface area contributed by atoms with Crippen LogP contribution in [0.2, 0.25) is 13.1 Å². The summed E-state index contributed by atoms with van der Waals surface area (Å²) in [5.41, 5.74) is 0. The molecule has 0 saturated heterocycles. The van der Waals surface area contributed by atoms with Crippen molar-refractivity contribution in [3.8, 4) is 0 Å². The van der Waals surface area contributed by atoms with Gasteiger partial charge in [0, 0.05) is 0 Å². The van der Waals surface area contributed by atoms with Crippen molar-refractivity contribution in [2.24, 2.45) is 0 Å². The van der Waals surface area contributed by atoms with Crippen LogP contribution < -0.4 is 5.19 Å². The Morgan fingerprint density at radius 2 is 1.50 bits per heavy atom. The molecule has 0 spiro atoms. The second-order valence-corrected chi connectivity index (χ2v) is 5.54. The maximum atomic E-state index is 2.34. The summed E-state index contributed by atoms with van der Waals surface area (Å²) >= 11 is 0. The van der Waals surface area contributed by atoms with Crippen molar-refractivity contribution >= 4 is 26.4 Å². The summed E-state index contributed by atoms with van der Waals surface area (Å²) in [6.07, 6.45) is 0. The fourth-order valence-electron chi connectivity index (χ4n) is 0.838. The molecule has 10 heavy (non-hydrogen) atoms. The fraction of sp³-hybridized carbons (Fsp3) is 0.250. The molecule has 0 unspecified atom stereocenters. The van der Waals surface area contributed by atoms with E-state index in [9.17, 15) is 0 Å². The van der Waals surface area contributed by atoms with Crippen molar-refractivity contribution in [2.45, 2.75) is 13.1 Å². The van der Waals surface area contributed by atoms with E-state index in [2.05, 4.69) is 43.4 Å². The van der Waals surface area contributed by atoms with Crippen LogP contribution in [0.5, 0.6) is 0 Å². The molecule has 0 bridgehead atoms. The minimum Gasteiger partial charge on any atom is -0.147 e. The van der Waals surface area contributed by atoms with Crippen LogP contribution in [-0.2, 0) is 0 Å². The highest BCUT2D eigenvalue weighted by Gasteiger charge is 1.95. The van der Waals surface area contributed by atoms with E-state index in [0.29, 0.717) is 0 Å². The summed E-state index contributed by atoms with van der Waals surface area (Å²) in [5.74, 6) is 0. The molecule has 0 aliphatic carbocycles. The van der Waals surface area contributed by atoms with E-state index in [-0.39, 0.29) is 12.4 Å². The maximum absolute atomic E-state index is 2.34. The first-order chi connectivity index (χ1) is 4.30. The summed E-state index contributed by atoms with van der Waals surface area (Å²) in [7, 11) is -0.529. The third-order valence-electron chi connectivity index (χ3n) is 1.47. The highest BCUT2D eigenvalue weighted by Crippen LogP contribution is 1.85. The third kappa shape index (κ3) is 2.54.